The molecule has 0 fully saturated rings. The van der Waals surface area contributed by atoms with Crippen molar-refractivity contribution in [1.82, 2.24) is 10.2 Å². The van der Waals surface area contributed by atoms with E-state index in [2.05, 4.69) is 67.5 Å². The predicted octanol–water partition coefficient (Wildman–Crippen LogP) is 5.45. The van der Waals surface area contributed by atoms with Crippen molar-refractivity contribution in [2.45, 2.75) is 43.2 Å². The first-order valence-corrected chi connectivity index (χ1v) is 11.1. The number of benzene rings is 2. The minimum atomic E-state index is -0.254. The highest BCUT2D eigenvalue weighted by atomic mass is 32.2. The first-order chi connectivity index (χ1) is 13.8. The minimum Gasteiger partial charge on any atom is -0.484 e. The third-order valence-electron chi connectivity index (χ3n) is 4.23. The Hall–Kier alpha value is -2.38. The molecule has 5 nitrogen and oxygen atoms in total. The van der Waals surface area contributed by atoms with Crippen LogP contribution in [-0.2, 0) is 16.0 Å². The summed E-state index contributed by atoms with van der Waals surface area (Å²) in [5.41, 5.74) is 3.78. The number of hydrogen-bond acceptors (Lipinski definition) is 6. The van der Waals surface area contributed by atoms with Crippen LogP contribution in [0.5, 0.6) is 5.75 Å². The fourth-order valence-corrected chi connectivity index (χ4v) is 4.23. The molecule has 3 rings (SSSR count). The molecule has 1 amide bonds. The number of nitrogens with zero attached hydrogens (tertiary/aromatic N) is 2. The molecule has 0 atom stereocenters. The maximum absolute atomic E-state index is 12.1. The first-order valence-electron chi connectivity index (χ1n) is 9.35. The summed E-state index contributed by atoms with van der Waals surface area (Å²) in [6.45, 7) is 8.48. The van der Waals surface area contributed by atoms with Gasteiger partial charge in [-0.15, -0.1) is 10.2 Å². The van der Waals surface area contributed by atoms with Crippen LogP contribution in [0.2, 0.25) is 0 Å². The number of nitrogens with one attached hydrogen (secondary N) is 1. The summed E-state index contributed by atoms with van der Waals surface area (Å²) in [6.07, 6.45) is 0. The van der Waals surface area contributed by atoms with E-state index in [0.717, 1.165) is 10.1 Å². The van der Waals surface area contributed by atoms with Crippen molar-refractivity contribution in [2.75, 3.05) is 11.9 Å². The van der Waals surface area contributed by atoms with Crippen molar-refractivity contribution in [3.05, 3.63) is 65.2 Å². The summed E-state index contributed by atoms with van der Waals surface area (Å²) >= 11 is 2.97. The molecular formula is C22H25N3O2S2. The summed E-state index contributed by atoms with van der Waals surface area (Å²) in [4.78, 5) is 12.1. The lowest BCUT2D eigenvalue weighted by atomic mass is 9.87. The Bertz CT molecular complexity index is 945. The van der Waals surface area contributed by atoms with E-state index < -0.39 is 0 Å². The van der Waals surface area contributed by atoms with Gasteiger partial charge in [0.1, 0.15) is 5.75 Å². The smallest absolute Gasteiger partial charge is 0.264 e. The van der Waals surface area contributed by atoms with E-state index in [4.69, 9.17) is 4.74 Å². The third-order valence-corrected chi connectivity index (χ3v) is 6.27. The number of anilines is 1. The lowest BCUT2D eigenvalue weighted by Crippen LogP contribution is -2.20. The summed E-state index contributed by atoms with van der Waals surface area (Å²) in [7, 11) is 0. The van der Waals surface area contributed by atoms with Crippen LogP contribution in [0, 0.1) is 6.92 Å². The first kappa shape index (κ1) is 21.3. The number of thioether (sulfide) groups is 1. The van der Waals surface area contributed by atoms with Crippen LogP contribution >= 0.6 is 23.1 Å². The number of amides is 1. The number of hydrogen-bond donors (Lipinski definition) is 1. The highest BCUT2D eigenvalue weighted by molar-refractivity contribution is 8.00. The second-order valence-electron chi connectivity index (χ2n) is 7.76. The molecule has 0 aliphatic carbocycles. The molecule has 1 N–H and O–H groups in total. The summed E-state index contributed by atoms with van der Waals surface area (Å²) in [5, 5.41) is 11.4. The Kier molecular flexibility index (Phi) is 6.92. The van der Waals surface area contributed by atoms with Gasteiger partial charge >= 0.3 is 0 Å². The largest absolute Gasteiger partial charge is 0.484 e. The van der Waals surface area contributed by atoms with Gasteiger partial charge in [-0.3, -0.25) is 10.1 Å². The van der Waals surface area contributed by atoms with Crippen molar-refractivity contribution in [1.29, 1.82) is 0 Å². The number of rotatable bonds is 7. The molecule has 7 heteroatoms. The van der Waals surface area contributed by atoms with Crippen molar-refractivity contribution >= 4 is 34.1 Å². The van der Waals surface area contributed by atoms with Gasteiger partial charge in [0.2, 0.25) is 5.13 Å². The molecule has 0 unspecified atom stereocenters. The normalized spacial score (nSPS) is 11.3. The van der Waals surface area contributed by atoms with E-state index in [1.807, 2.05) is 24.3 Å². The van der Waals surface area contributed by atoms with Gasteiger partial charge in [-0.05, 0) is 35.6 Å². The van der Waals surface area contributed by atoms with E-state index in [0.29, 0.717) is 10.9 Å². The highest BCUT2D eigenvalue weighted by Crippen LogP contribution is 2.28. The lowest BCUT2D eigenvalue weighted by molar-refractivity contribution is -0.118. The van der Waals surface area contributed by atoms with Gasteiger partial charge in [-0.25, -0.2) is 0 Å². The number of carbonyl (C=O) groups is 1. The van der Waals surface area contributed by atoms with Crippen molar-refractivity contribution in [3.63, 3.8) is 0 Å². The Morgan fingerprint density at radius 1 is 1.07 bits per heavy atom. The van der Waals surface area contributed by atoms with Crippen LogP contribution < -0.4 is 10.1 Å². The van der Waals surface area contributed by atoms with E-state index in [9.17, 15) is 4.79 Å². The molecule has 29 heavy (non-hydrogen) atoms. The van der Waals surface area contributed by atoms with Crippen LogP contribution in [0.4, 0.5) is 5.13 Å². The molecule has 0 saturated carbocycles. The number of carbonyl (C=O) groups excluding carboxylic acids is 1. The van der Waals surface area contributed by atoms with Gasteiger partial charge in [0, 0.05) is 5.75 Å². The van der Waals surface area contributed by atoms with Gasteiger partial charge < -0.3 is 4.74 Å². The predicted molar refractivity (Wildman–Crippen MR) is 120 cm³/mol. The average molecular weight is 428 g/mol. The van der Waals surface area contributed by atoms with Crippen LogP contribution in [-0.4, -0.2) is 22.7 Å². The SMILES string of the molecule is Cc1ccc(CSc2nnc(NC(=O)COc3ccc(C(C)(C)C)cc3)s2)cc1. The molecule has 1 aromatic heterocycles. The third kappa shape index (κ3) is 6.58. The second-order valence-corrected chi connectivity index (χ2v) is 9.96. The van der Waals surface area contributed by atoms with Gasteiger partial charge in [0.05, 0.1) is 0 Å². The molecule has 3 aromatic rings. The van der Waals surface area contributed by atoms with Gasteiger partial charge in [-0.1, -0.05) is 85.8 Å². The topological polar surface area (TPSA) is 64.1 Å². The zero-order valence-corrected chi connectivity index (χ0v) is 18.7. The fourth-order valence-electron chi connectivity index (χ4n) is 2.50. The number of aryl methyl sites for hydroxylation is 1. The van der Waals surface area contributed by atoms with Crippen LogP contribution in [0.3, 0.4) is 0 Å². The molecule has 1 heterocycles. The van der Waals surface area contributed by atoms with E-state index in [1.54, 1.807) is 11.8 Å². The maximum Gasteiger partial charge on any atom is 0.264 e. The Morgan fingerprint density at radius 3 is 2.41 bits per heavy atom. The van der Waals surface area contributed by atoms with Gasteiger partial charge in [0.25, 0.3) is 5.91 Å². The molecule has 0 aliphatic heterocycles. The zero-order chi connectivity index (χ0) is 20.9. The zero-order valence-electron chi connectivity index (χ0n) is 17.1. The Balaban J connectivity index is 1.45. The van der Waals surface area contributed by atoms with Gasteiger partial charge in [-0.2, -0.15) is 0 Å². The molecule has 0 radical (unpaired) electrons. The summed E-state index contributed by atoms with van der Waals surface area (Å²) in [6, 6.07) is 16.2. The van der Waals surface area contributed by atoms with Crippen LogP contribution in [0.15, 0.2) is 52.9 Å². The molecule has 2 aromatic carbocycles. The fraction of sp³-hybridized carbons (Fsp3) is 0.318. The molecular weight excluding hydrogens is 402 g/mol. The van der Waals surface area contributed by atoms with Crippen molar-refractivity contribution in [2.24, 2.45) is 0 Å². The monoisotopic (exact) mass is 427 g/mol. The molecule has 0 spiro atoms. The Morgan fingerprint density at radius 2 is 1.76 bits per heavy atom. The number of aromatic nitrogens is 2. The quantitative estimate of drug-likeness (QED) is 0.401. The highest BCUT2D eigenvalue weighted by Gasteiger charge is 2.14. The van der Waals surface area contributed by atoms with Crippen LogP contribution in [0.25, 0.3) is 0 Å². The standard InChI is InChI=1S/C22H25N3O2S2/c1-15-5-7-16(8-6-15)14-28-21-25-24-20(29-21)23-19(26)13-27-18-11-9-17(10-12-18)22(2,3)4/h5-12H,13-14H2,1-4H3,(H,23,24,26). The molecule has 0 aliphatic rings. The van der Waals surface area contributed by atoms with E-state index in [1.165, 1.54) is 28.0 Å². The average Bonchev–Trinajstić information content (AvgIpc) is 3.13. The number of ether oxygens (including phenoxy) is 1. The second kappa shape index (κ2) is 9.41. The van der Waals surface area contributed by atoms with Crippen LogP contribution in [0.1, 0.15) is 37.5 Å². The lowest BCUT2D eigenvalue weighted by Gasteiger charge is -2.19. The summed E-state index contributed by atoms with van der Waals surface area (Å²) in [5.74, 6) is 1.23. The molecule has 152 valence electrons. The minimum absolute atomic E-state index is 0.0692. The van der Waals surface area contributed by atoms with E-state index >= 15 is 0 Å². The van der Waals surface area contributed by atoms with Crippen molar-refractivity contribution < 1.29 is 9.53 Å². The maximum atomic E-state index is 12.1. The van der Waals surface area contributed by atoms with Gasteiger partial charge in [0.15, 0.2) is 10.9 Å². The molecule has 0 saturated heterocycles. The van der Waals surface area contributed by atoms with E-state index in [-0.39, 0.29) is 17.9 Å². The molecule has 0 bridgehead atoms. The summed E-state index contributed by atoms with van der Waals surface area (Å²) < 4.78 is 6.39. The Labute approximate surface area is 179 Å². The van der Waals surface area contributed by atoms with Crippen molar-refractivity contribution in [3.8, 4) is 5.75 Å².